The molecule has 1 aliphatic rings. The van der Waals surface area contributed by atoms with Crippen molar-refractivity contribution in [1.82, 2.24) is 0 Å². The van der Waals surface area contributed by atoms with Crippen LogP contribution in [0.2, 0.25) is 0 Å². The van der Waals surface area contributed by atoms with Crippen LogP contribution in [0.3, 0.4) is 0 Å². The molecule has 0 unspecified atom stereocenters. The van der Waals surface area contributed by atoms with Gasteiger partial charge < -0.3 is 19.5 Å². The average molecular weight is 459 g/mol. The van der Waals surface area contributed by atoms with E-state index in [2.05, 4.69) is 5.32 Å². The number of anilines is 2. The number of methoxy groups -OCH3 is 2. The number of nitrogens with one attached hydrogen (secondary N) is 1. The number of benzene rings is 3. The second kappa shape index (κ2) is 10.1. The number of nitrogens with zero attached hydrogens (tertiary/aromatic N) is 1. The van der Waals surface area contributed by atoms with E-state index < -0.39 is 11.8 Å². The highest BCUT2D eigenvalue weighted by Crippen LogP contribution is 2.37. The fraction of sp³-hybridized carbons (Fsp3) is 0.185. The fourth-order valence-electron chi connectivity index (χ4n) is 3.74. The second-order valence-electron chi connectivity index (χ2n) is 7.60. The standard InChI is InChI=1S/C27H26N2O5/c1-4-15-34-21-12-8-11-19(16-21)28-25-24(18-9-6-5-7-10-18)26(30)29(27(25)31)20-13-14-22(32-2)23(17-20)33-3/h5-14,16-17,28H,4,15H2,1-3H3. The molecule has 1 aliphatic heterocycles. The Balaban J connectivity index is 1.75. The highest BCUT2D eigenvalue weighted by atomic mass is 16.5. The highest BCUT2D eigenvalue weighted by molar-refractivity contribution is 6.46. The maximum atomic E-state index is 13.6. The molecule has 1 N–H and O–H groups in total. The van der Waals surface area contributed by atoms with Crippen molar-refractivity contribution in [3.8, 4) is 17.2 Å². The quantitative estimate of drug-likeness (QED) is 0.460. The first kappa shape index (κ1) is 22.9. The topological polar surface area (TPSA) is 77.1 Å². The number of carbonyl (C=O) groups is 2. The van der Waals surface area contributed by atoms with Crippen LogP contribution in [-0.2, 0) is 9.59 Å². The molecule has 4 rings (SSSR count). The predicted octanol–water partition coefficient (Wildman–Crippen LogP) is 4.89. The largest absolute Gasteiger partial charge is 0.494 e. The van der Waals surface area contributed by atoms with Crippen molar-refractivity contribution in [2.24, 2.45) is 0 Å². The van der Waals surface area contributed by atoms with E-state index in [1.54, 1.807) is 30.3 Å². The van der Waals surface area contributed by atoms with Crippen LogP contribution in [0.4, 0.5) is 11.4 Å². The molecule has 0 atom stereocenters. The van der Waals surface area contributed by atoms with E-state index in [0.29, 0.717) is 46.4 Å². The van der Waals surface area contributed by atoms with Gasteiger partial charge in [-0.2, -0.15) is 0 Å². The van der Waals surface area contributed by atoms with Gasteiger partial charge in [0.15, 0.2) is 11.5 Å². The molecule has 34 heavy (non-hydrogen) atoms. The molecular formula is C27H26N2O5. The number of hydrogen-bond acceptors (Lipinski definition) is 6. The summed E-state index contributed by atoms with van der Waals surface area (Å²) in [4.78, 5) is 28.3. The first-order valence-electron chi connectivity index (χ1n) is 11.0. The van der Waals surface area contributed by atoms with Gasteiger partial charge in [-0.25, -0.2) is 4.90 Å². The minimum Gasteiger partial charge on any atom is -0.494 e. The summed E-state index contributed by atoms with van der Waals surface area (Å²) in [5.41, 5.74) is 2.16. The molecule has 0 fully saturated rings. The molecule has 1 heterocycles. The molecule has 7 nitrogen and oxygen atoms in total. The zero-order chi connectivity index (χ0) is 24.1. The number of ether oxygens (including phenoxy) is 3. The monoisotopic (exact) mass is 458 g/mol. The summed E-state index contributed by atoms with van der Waals surface area (Å²) < 4.78 is 16.4. The smallest absolute Gasteiger partial charge is 0.282 e. The first-order valence-corrected chi connectivity index (χ1v) is 11.0. The van der Waals surface area contributed by atoms with Crippen LogP contribution in [-0.4, -0.2) is 32.6 Å². The summed E-state index contributed by atoms with van der Waals surface area (Å²) in [6.45, 7) is 2.62. The molecular weight excluding hydrogens is 432 g/mol. The van der Waals surface area contributed by atoms with Gasteiger partial charge in [-0.05, 0) is 36.2 Å². The van der Waals surface area contributed by atoms with Crippen LogP contribution in [0, 0.1) is 0 Å². The summed E-state index contributed by atoms with van der Waals surface area (Å²) >= 11 is 0. The van der Waals surface area contributed by atoms with Crippen molar-refractivity contribution in [3.05, 3.63) is 84.1 Å². The van der Waals surface area contributed by atoms with Crippen LogP contribution >= 0.6 is 0 Å². The lowest BCUT2D eigenvalue weighted by molar-refractivity contribution is -0.120. The predicted molar refractivity (Wildman–Crippen MR) is 131 cm³/mol. The maximum Gasteiger partial charge on any atom is 0.282 e. The molecule has 0 saturated carbocycles. The molecule has 2 amide bonds. The van der Waals surface area contributed by atoms with Crippen molar-refractivity contribution >= 4 is 28.8 Å². The van der Waals surface area contributed by atoms with E-state index in [9.17, 15) is 9.59 Å². The zero-order valence-electron chi connectivity index (χ0n) is 19.3. The fourth-order valence-corrected chi connectivity index (χ4v) is 3.74. The second-order valence-corrected chi connectivity index (χ2v) is 7.60. The van der Waals surface area contributed by atoms with Crippen LogP contribution in [0.1, 0.15) is 18.9 Å². The first-order chi connectivity index (χ1) is 16.6. The Kier molecular flexibility index (Phi) is 6.82. The van der Waals surface area contributed by atoms with Gasteiger partial charge in [0.1, 0.15) is 11.4 Å². The van der Waals surface area contributed by atoms with Gasteiger partial charge in [0, 0.05) is 17.8 Å². The lowest BCUT2D eigenvalue weighted by Crippen LogP contribution is -2.32. The number of imide groups is 1. The molecule has 174 valence electrons. The van der Waals surface area contributed by atoms with Gasteiger partial charge >= 0.3 is 0 Å². The third-order valence-corrected chi connectivity index (χ3v) is 5.35. The molecule has 7 heteroatoms. The van der Waals surface area contributed by atoms with E-state index in [1.807, 2.05) is 49.4 Å². The summed E-state index contributed by atoms with van der Waals surface area (Å²) in [6, 6.07) is 21.4. The molecule has 0 spiro atoms. The van der Waals surface area contributed by atoms with Crippen molar-refractivity contribution in [2.75, 3.05) is 31.0 Å². The van der Waals surface area contributed by atoms with Crippen molar-refractivity contribution < 1.29 is 23.8 Å². The Labute approximate surface area is 198 Å². The van der Waals surface area contributed by atoms with E-state index in [-0.39, 0.29) is 5.70 Å². The molecule has 0 radical (unpaired) electrons. The maximum absolute atomic E-state index is 13.6. The van der Waals surface area contributed by atoms with Crippen LogP contribution < -0.4 is 24.4 Å². The van der Waals surface area contributed by atoms with E-state index in [1.165, 1.54) is 14.2 Å². The van der Waals surface area contributed by atoms with Crippen molar-refractivity contribution in [2.45, 2.75) is 13.3 Å². The lowest BCUT2D eigenvalue weighted by atomic mass is 10.0. The van der Waals surface area contributed by atoms with Gasteiger partial charge in [0.05, 0.1) is 32.1 Å². The van der Waals surface area contributed by atoms with Gasteiger partial charge in [-0.1, -0.05) is 43.3 Å². The summed E-state index contributed by atoms with van der Waals surface area (Å²) in [6.07, 6.45) is 0.883. The molecule has 0 saturated heterocycles. The molecule has 3 aromatic carbocycles. The molecule has 0 bridgehead atoms. The number of carbonyl (C=O) groups excluding carboxylic acids is 2. The van der Waals surface area contributed by atoms with Gasteiger partial charge in [0.25, 0.3) is 11.8 Å². The van der Waals surface area contributed by atoms with Crippen molar-refractivity contribution in [1.29, 1.82) is 0 Å². The van der Waals surface area contributed by atoms with Gasteiger partial charge in [0.2, 0.25) is 0 Å². The SMILES string of the molecule is CCCOc1cccc(NC2=C(c3ccccc3)C(=O)N(c3ccc(OC)c(OC)c3)C2=O)c1. The zero-order valence-corrected chi connectivity index (χ0v) is 19.3. The summed E-state index contributed by atoms with van der Waals surface area (Å²) in [5, 5.41) is 3.17. The van der Waals surface area contributed by atoms with Gasteiger partial charge in [-0.15, -0.1) is 0 Å². The lowest BCUT2D eigenvalue weighted by Gasteiger charge is -2.17. The Morgan fingerprint density at radius 1 is 0.824 bits per heavy atom. The summed E-state index contributed by atoms with van der Waals surface area (Å²) in [5.74, 6) is 0.718. The highest BCUT2D eigenvalue weighted by Gasteiger charge is 2.40. The average Bonchev–Trinajstić information content (AvgIpc) is 3.11. The minimum atomic E-state index is -0.462. The van der Waals surface area contributed by atoms with E-state index >= 15 is 0 Å². The summed E-state index contributed by atoms with van der Waals surface area (Å²) in [7, 11) is 3.03. The minimum absolute atomic E-state index is 0.193. The van der Waals surface area contributed by atoms with E-state index in [0.717, 1.165) is 11.3 Å². The van der Waals surface area contributed by atoms with Crippen LogP contribution in [0.15, 0.2) is 78.5 Å². The Morgan fingerprint density at radius 3 is 2.29 bits per heavy atom. The third-order valence-electron chi connectivity index (χ3n) is 5.35. The molecule has 0 aromatic heterocycles. The van der Waals surface area contributed by atoms with E-state index in [4.69, 9.17) is 14.2 Å². The Morgan fingerprint density at radius 2 is 1.59 bits per heavy atom. The van der Waals surface area contributed by atoms with Crippen LogP contribution in [0.5, 0.6) is 17.2 Å². The van der Waals surface area contributed by atoms with Crippen molar-refractivity contribution in [3.63, 3.8) is 0 Å². The third kappa shape index (κ3) is 4.45. The van der Waals surface area contributed by atoms with Crippen LogP contribution in [0.25, 0.3) is 5.57 Å². The number of hydrogen-bond donors (Lipinski definition) is 1. The number of amides is 2. The Hall–Kier alpha value is -4.26. The van der Waals surface area contributed by atoms with Gasteiger partial charge in [-0.3, -0.25) is 9.59 Å². The number of rotatable bonds is 9. The normalized spacial score (nSPS) is 13.3. The molecule has 0 aliphatic carbocycles. The Bertz CT molecular complexity index is 1240. The molecule has 3 aromatic rings.